The Morgan fingerprint density at radius 3 is 2.92 bits per heavy atom. The van der Waals surface area contributed by atoms with Gasteiger partial charge in [-0.1, -0.05) is 15.9 Å². The van der Waals surface area contributed by atoms with Crippen molar-refractivity contribution in [2.45, 2.75) is 18.9 Å². The third-order valence-electron chi connectivity index (χ3n) is 2.21. The molecule has 12 heavy (non-hydrogen) atoms. The van der Waals surface area contributed by atoms with E-state index in [1.165, 1.54) is 12.8 Å². The summed E-state index contributed by atoms with van der Waals surface area (Å²) in [6.07, 6.45) is 4.31. The van der Waals surface area contributed by atoms with Gasteiger partial charge in [0.15, 0.2) is 0 Å². The van der Waals surface area contributed by atoms with Gasteiger partial charge in [0.05, 0.1) is 5.69 Å². The molecule has 0 amide bonds. The molecule has 3 heteroatoms. The average Bonchev–Trinajstić information content (AvgIpc) is 2.85. The Morgan fingerprint density at radius 1 is 1.58 bits per heavy atom. The average molecular weight is 227 g/mol. The van der Waals surface area contributed by atoms with Crippen molar-refractivity contribution in [1.82, 2.24) is 4.98 Å². The minimum Gasteiger partial charge on any atom is -0.322 e. The molecule has 0 saturated heterocycles. The van der Waals surface area contributed by atoms with Crippen LogP contribution in [-0.2, 0) is 0 Å². The van der Waals surface area contributed by atoms with E-state index in [4.69, 9.17) is 5.73 Å². The maximum atomic E-state index is 5.99. The number of hydrogen-bond donors (Lipinski definition) is 1. The summed E-state index contributed by atoms with van der Waals surface area (Å²) in [7, 11) is 0. The molecule has 64 valence electrons. The van der Waals surface area contributed by atoms with E-state index in [0.29, 0.717) is 5.92 Å². The fraction of sp³-hybridized carbons (Fsp3) is 0.444. The molecule has 0 bridgehead atoms. The van der Waals surface area contributed by atoms with Crippen LogP contribution >= 0.6 is 15.9 Å². The molecular weight excluding hydrogens is 216 g/mol. The molecule has 1 aromatic heterocycles. The highest BCUT2D eigenvalue weighted by atomic mass is 79.9. The fourth-order valence-corrected chi connectivity index (χ4v) is 1.65. The van der Waals surface area contributed by atoms with Crippen molar-refractivity contribution < 1.29 is 0 Å². The number of pyridine rings is 1. The zero-order valence-electron chi connectivity index (χ0n) is 6.70. The van der Waals surface area contributed by atoms with Crippen molar-refractivity contribution in [3.63, 3.8) is 0 Å². The van der Waals surface area contributed by atoms with E-state index >= 15 is 0 Å². The number of rotatable bonds is 2. The van der Waals surface area contributed by atoms with Crippen LogP contribution in [0.25, 0.3) is 0 Å². The van der Waals surface area contributed by atoms with Crippen molar-refractivity contribution in [2.75, 3.05) is 0 Å². The molecule has 0 aliphatic heterocycles. The van der Waals surface area contributed by atoms with E-state index < -0.39 is 0 Å². The molecule has 2 rings (SSSR count). The lowest BCUT2D eigenvalue weighted by Gasteiger charge is -2.08. The van der Waals surface area contributed by atoms with Gasteiger partial charge in [-0.2, -0.15) is 0 Å². The third kappa shape index (κ3) is 1.67. The summed E-state index contributed by atoms with van der Waals surface area (Å²) in [5, 5.41) is 0. The van der Waals surface area contributed by atoms with E-state index in [-0.39, 0.29) is 6.04 Å². The first kappa shape index (κ1) is 8.20. The van der Waals surface area contributed by atoms with Crippen LogP contribution in [0.1, 0.15) is 24.6 Å². The molecule has 0 radical (unpaired) electrons. The molecule has 1 saturated carbocycles. The summed E-state index contributed by atoms with van der Waals surface area (Å²) in [6, 6.07) is 4.06. The number of nitrogens with two attached hydrogens (primary N) is 1. The molecule has 0 aromatic carbocycles. The molecule has 1 atom stereocenters. The van der Waals surface area contributed by atoms with Crippen LogP contribution in [0, 0.1) is 5.92 Å². The predicted molar refractivity (Wildman–Crippen MR) is 51.6 cm³/mol. The van der Waals surface area contributed by atoms with Gasteiger partial charge in [0.2, 0.25) is 0 Å². The SMILES string of the molecule is N[C@H](c1cc(Br)ccn1)C1CC1. The van der Waals surface area contributed by atoms with E-state index in [9.17, 15) is 0 Å². The number of halogens is 1. The van der Waals surface area contributed by atoms with Gasteiger partial charge in [-0.25, -0.2) is 0 Å². The van der Waals surface area contributed by atoms with Gasteiger partial charge in [-0.15, -0.1) is 0 Å². The third-order valence-corrected chi connectivity index (χ3v) is 2.71. The highest BCUT2D eigenvalue weighted by Gasteiger charge is 2.30. The van der Waals surface area contributed by atoms with E-state index in [0.717, 1.165) is 10.2 Å². The Kier molecular flexibility index (Phi) is 2.15. The second-order valence-corrected chi connectivity index (χ2v) is 4.18. The lowest BCUT2D eigenvalue weighted by Crippen LogP contribution is -2.13. The summed E-state index contributed by atoms with van der Waals surface area (Å²) in [6.45, 7) is 0. The minimum absolute atomic E-state index is 0.141. The van der Waals surface area contributed by atoms with Crippen LogP contribution in [0.3, 0.4) is 0 Å². The first-order valence-corrected chi connectivity index (χ1v) is 4.93. The van der Waals surface area contributed by atoms with Gasteiger partial charge in [-0.3, -0.25) is 4.98 Å². The smallest absolute Gasteiger partial charge is 0.0585 e. The summed E-state index contributed by atoms with van der Waals surface area (Å²) in [5.74, 6) is 0.673. The number of nitrogens with zero attached hydrogens (tertiary/aromatic N) is 1. The van der Waals surface area contributed by atoms with Crippen LogP contribution < -0.4 is 5.73 Å². The Hall–Kier alpha value is -0.410. The van der Waals surface area contributed by atoms with Crippen LogP contribution in [-0.4, -0.2) is 4.98 Å². The van der Waals surface area contributed by atoms with Gasteiger partial charge in [0, 0.05) is 16.7 Å². The van der Waals surface area contributed by atoms with Gasteiger partial charge >= 0.3 is 0 Å². The Labute approximate surface area is 80.3 Å². The topological polar surface area (TPSA) is 38.9 Å². The molecule has 1 aromatic rings. The molecule has 2 N–H and O–H groups in total. The Bertz CT molecular complexity index is 284. The summed E-state index contributed by atoms with van der Waals surface area (Å²) < 4.78 is 1.06. The van der Waals surface area contributed by atoms with Gasteiger partial charge in [-0.05, 0) is 30.9 Å². The normalized spacial score (nSPS) is 19.2. The summed E-state index contributed by atoms with van der Waals surface area (Å²) in [4.78, 5) is 4.25. The first-order valence-electron chi connectivity index (χ1n) is 4.14. The van der Waals surface area contributed by atoms with Crippen molar-refractivity contribution >= 4 is 15.9 Å². The lowest BCUT2D eigenvalue weighted by molar-refractivity contribution is 0.614. The molecule has 2 nitrogen and oxygen atoms in total. The fourth-order valence-electron chi connectivity index (χ4n) is 1.30. The van der Waals surface area contributed by atoms with E-state index in [1.807, 2.05) is 12.1 Å². The quantitative estimate of drug-likeness (QED) is 0.841. The monoisotopic (exact) mass is 226 g/mol. The maximum absolute atomic E-state index is 5.99. The summed E-state index contributed by atoms with van der Waals surface area (Å²) in [5.41, 5.74) is 6.99. The van der Waals surface area contributed by atoms with Crippen LogP contribution in [0.15, 0.2) is 22.8 Å². The zero-order chi connectivity index (χ0) is 8.55. The van der Waals surface area contributed by atoms with Crippen LogP contribution in [0.5, 0.6) is 0 Å². The number of aromatic nitrogens is 1. The van der Waals surface area contributed by atoms with Gasteiger partial charge < -0.3 is 5.73 Å². The Morgan fingerprint density at radius 2 is 2.33 bits per heavy atom. The van der Waals surface area contributed by atoms with E-state index in [1.54, 1.807) is 6.20 Å². The molecule has 0 unspecified atom stereocenters. The highest BCUT2D eigenvalue weighted by molar-refractivity contribution is 9.10. The molecule has 0 spiro atoms. The maximum Gasteiger partial charge on any atom is 0.0585 e. The van der Waals surface area contributed by atoms with Gasteiger partial charge in [0.1, 0.15) is 0 Å². The molecule has 1 aliphatic rings. The number of hydrogen-bond acceptors (Lipinski definition) is 2. The second kappa shape index (κ2) is 3.15. The zero-order valence-corrected chi connectivity index (χ0v) is 8.29. The predicted octanol–water partition coefficient (Wildman–Crippen LogP) is 2.25. The largest absolute Gasteiger partial charge is 0.322 e. The van der Waals surface area contributed by atoms with Crippen molar-refractivity contribution in [1.29, 1.82) is 0 Å². The standard InChI is InChI=1S/C9H11BrN2/c10-7-3-4-12-8(5-7)9(11)6-1-2-6/h3-6,9H,1-2,11H2/t9-/m0/s1. The van der Waals surface area contributed by atoms with Crippen molar-refractivity contribution in [3.05, 3.63) is 28.5 Å². The molecule has 1 aliphatic carbocycles. The van der Waals surface area contributed by atoms with E-state index in [2.05, 4.69) is 20.9 Å². The molecular formula is C9H11BrN2. The highest BCUT2D eigenvalue weighted by Crippen LogP contribution is 2.38. The van der Waals surface area contributed by atoms with Gasteiger partial charge in [0.25, 0.3) is 0 Å². The summed E-state index contributed by atoms with van der Waals surface area (Å²) >= 11 is 3.40. The van der Waals surface area contributed by atoms with Crippen LogP contribution in [0.4, 0.5) is 0 Å². The van der Waals surface area contributed by atoms with Crippen molar-refractivity contribution in [2.24, 2.45) is 11.7 Å². The second-order valence-electron chi connectivity index (χ2n) is 3.26. The molecule has 1 fully saturated rings. The lowest BCUT2D eigenvalue weighted by atomic mass is 10.1. The molecule has 1 heterocycles. The van der Waals surface area contributed by atoms with Crippen molar-refractivity contribution in [3.8, 4) is 0 Å². The first-order chi connectivity index (χ1) is 5.77. The van der Waals surface area contributed by atoms with Crippen LogP contribution in [0.2, 0.25) is 0 Å². The minimum atomic E-state index is 0.141. The Balaban J connectivity index is 2.20.